The normalized spacial score (nSPS) is 11.0. The van der Waals surface area contributed by atoms with Gasteiger partial charge in [0, 0.05) is 5.69 Å². The smallest absolute Gasteiger partial charge is 0.261 e. The Hall–Kier alpha value is -2.03. The highest BCUT2D eigenvalue weighted by Gasteiger charge is 2.16. The molecule has 108 valence electrons. The maximum Gasteiger partial charge on any atom is 0.261 e. The lowest BCUT2D eigenvalue weighted by molar-refractivity contribution is 0.601. The van der Waals surface area contributed by atoms with E-state index in [1.807, 2.05) is 26.0 Å². The molecule has 0 aliphatic heterocycles. The summed E-state index contributed by atoms with van der Waals surface area (Å²) in [5.41, 5.74) is 2.80. The molecule has 0 heterocycles. The van der Waals surface area contributed by atoms with Gasteiger partial charge in [0.1, 0.15) is 6.07 Å². The zero-order valence-electron chi connectivity index (χ0n) is 11.5. The summed E-state index contributed by atoms with van der Waals surface area (Å²) >= 11 is 5.87. The van der Waals surface area contributed by atoms with Crippen LogP contribution in [0.1, 0.15) is 16.7 Å². The predicted molar refractivity (Wildman–Crippen MR) is 82.9 cm³/mol. The molecule has 0 spiro atoms. The number of benzene rings is 2. The van der Waals surface area contributed by atoms with Crippen molar-refractivity contribution in [1.82, 2.24) is 0 Å². The molecule has 0 radical (unpaired) electrons. The van der Waals surface area contributed by atoms with Crippen LogP contribution in [-0.4, -0.2) is 8.42 Å². The van der Waals surface area contributed by atoms with Crippen LogP contribution in [0, 0.1) is 25.2 Å². The summed E-state index contributed by atoms with van der Waals surface area (Å²) in [6.45, 7) is 3.86. The number of nitrogens with zero attached hydrogens (tertiary/aromatic N) is 1. The SMILES string of the molecule is Cc1ccc(NS(=O)(=O)c2ccc(C#N)c(Cl)c2)cc1C. The van der Waals surface area contributed by atoms with Gasteiger partial charge in [-0.05, 0) is 55.3 Å². The zero-order valence-corrected chi connectivity index (χ0v) is 13.1. The molecular formula is C15H13ClN2O2S. The van der Waals surface area contributed by atoms with Gasteiger partial charge >= 0.3 is 0 Å². The first-order valence-corrected chi connectivity index (χ1v) is 7.99. The van der Waals surface area contributed by atoms with Crippen molar-refractivity contribution in [3.05, 3.63) is 58.1 Å². The maximum absolute atomic E-state index is 12.3. The minimum absolute atomic E-state index is 0.0183. The van der Waals surface area contributed by atoms with Crippen molar-refractivity contribution < 1.29 is 8.42 Å². The highest BCUT2D eigenvalue weighted by atomic mass is 35.5. The van der Waals surface area contributed by atoms with Gasteiger partial charge < -0.3 is 0 Å². The molecule has 0 aromatic heterocycles. The molecule has 6 heteroatoms. The second-order valence-corrected chi connectivity index (χ2v) is 6.75. The van der Waals surface area contributed by atoms with Gasteiger partial charge in [0.2, 0.25) is 0 Å². The number of hydrogen-bond donors (Lipinski definition) is 1. The molecule has 0 fully saturated rings. The first-order chi connectivity index (χ1) is 9.83. The van der Waals surface area contributed by atoms with E-state index in [1.54, 1.807) is 12.1 Å². The quantitative estimate of drug-likeness (QED) is 0.938. The van der Waals surface area contributed by atoms with Gasteiger partial charge in [-0.2, -0.15) is 5.26 Å². The van der Waals surface area contributed by atoms with Gasteiger partial charge in [0.25, 0.3) is 10.0 Å². The third-order valence-electron chi connectivity index (χ3n) is 3.13. The number of rotatable bonds is 3. The van der Waals surface area contributed by atoms with Gasteiger partial charge in [-0.15, -0.1) is 0 Å². The lowest BCUT2D eigenvalue weighted by atomic mass is 10.1. The van der Waals surface area contributed by atoms with Gasteiger partial charge in [-0.3, -0.25) is 4.72 Å². The number of halogens is 1. The van der Waals surface area contributed by atoms with Gasteiger partial charge in [-0.1, -0.05) is 17.7 Å². The van der Waals surface area contributed by atoms with E-state index in [1.165, 1.54) is 18.2 Å². The van der Waals surface area contributed by atoms with Crippen molar-refractivity contribution in [1.29, 1.82) is 5.26 Å². The zero-order chi connectivity index (χ0) is 15.6. The molecule has 0 aliphatic rings. The van der Waals surface area contributed by atoms with Gasteiger partial charge in [0.05, 0.1) is 15.5 Å². The fraction of sp³-hybridized carbons (Fsp3) is 0.133. The van der Waals surface area contributed by atoms with Crippen molar-refractivity contribution in [2.75, 3.05) is 4.72 Å². The number of aryl methyl sites for hydroxylation is 2. The summed E-state index contributed by atoms with van der Waals surface area (Å²) in [5, 5.41) is 8.92. The molecule has 1 N–H and O–H groups in total. The molecule has 21 heavy (non-hydrogen) atoms. The van der Waals surface area contributed by atoms with Crippen molar-refractivity contribution in [3.8, 4) is 6.07 Å². The Morgan fingerprint density at radius 1 is 1.10 bits per heavy atom. The first-order valence-electron chi connectivity index (χ1n) is 6.13. The number of nitriles is 1. The molecule has 0 saturated heterocycles. The van der Waals surface area contributed by atoms with E-state index in [0.29, 0.717) is 5.69 Å². The van der Waals surface area contributed by atoms with Crippen LogP contribution < -0.4 is 4.72 Å². The predicted octanol–water partition coefficient (Wildman–Crippen LogP) is 3.63. The third-order valence-corrected chi connectivity index (χ3v) is 4.82. The largest absolute Gasteiger partial charge is 0.280 e. The number of hydrogen-bond acceptors (Lipinski definition) is 3. The highest BCUT2D eigenvalue weighted by molar-refractivity contribution is 7.92. The summed E-state index contributed by atoms with van der Waals surface area (Å²) < 4.78 is 27.1. The van der Waals surface area contributed by atoms with Crippen LogP contribution in [0.3, 0.4) is 0 Å². The Morgan fingerprint density at radius 3 is 2.38 bits per heavy atom. The van der Waals surface area contributed by atoms with Crippen LogP contribution in [0.4, 0.5) is 5.69 Å². The molecule has 0 bridgehead atoms. The fourth-order valence-electron chi connectivity index (χ4n) is 1.77. The van der Waals surface area contributed by atoms with E-state index in [9.17, 15) is 8.42 Å². The van der Waals surface area contributed by atoms with Crippen molar-refractivity contribution in [2.24, 2.45) is 0 Å². The molecular weight excluding hydrogens is 308 g/mol. The van der Waals surface area contributed by atoms with Crippen LogP contribution in [0.2, 0.25) is 5.02 Å². The summed E-state index contributed by atoms with van der Waals surface area (Å²) in [4.78, 5) is 0.0183. The lowest BCUT2D eigenvalue weighted by Gasteiger charge is -2.10. The highest BCUT2D eigenvalue weighted by Crippen LogP contribution is 2.23. The molecule has 2 rings (SSSR count). The van der Waals surface area contributed by atoms with Gasteiger partial charge in [0.15, 0.2) is 0 Å². The monoisotopic (exact) mass is 320 g/mol. The lowest BCUT2D eigenvalue weighted by Crippen LogP contribution is -2.13. The number of sulfonamides is 1. The summed E-state index contributed by atoms with van der Waals surface area (Å²) in [5.74, 6) is 0. The first kappa shape index (κ1) is 15.4. The van der Waals surface area contributed by atoms with Crippen LogP contribution in [0.25, 0.3) is 0 Å². The summed E-state index contributed by atoms with van der Waals surface area (Å²) in [6.07, 6.45) is 0. The number of anilines is 1. The van der Waals surface area contributed by atoms with Crippen molar-refractivity contribution >= 4 is 27.3 Å². The van der Waals surface area contributed by atoms with Crippen LogP contribution in [-0.2, 0) is 10.0 Å². The van der Waals surface area contributed by atoms with Crippen molar-refractivity contribution in [3.63, 3.8) is 0 Å². The standard InChI is InChI=1S/C15H13ClN2O2S/c1-10-3-5-13(7-11(10)2)18-21(19,20)14-6-4-12(9-17)15(16)8-14/h3-8,18H,1-2H3. The topological polar surface area (TPSA) is 70.0 Å². The molecule has 4 nitrogen and oxygen atoms in total. The Bertz CT molecular complexity index is 839. The average Bonchev–Trinajstić information content (AvgIpc) is 2.42. The molecule has 0 unspecified atom stereocenters. The van der Waals surface area contributed by atoms with E-state index in [4.69, 9.17) is 16.9 Å². The Morgan fingerprint density at radius 2 is 1.81 bits per heavy atom. The minimum Gasteiger partial charge on any atom is -0.280 e. The van der Waals surface area contributed by atoms with E-state index < -0.39 is 10.0 Å². The summed E-state index contributed by atoms with van der Waals surface area (Å²) in [6, 6.07) is 11.2. The third kappa shape index (κ3) is 3.35. The Balaban J connectivity index is 2.36. The molecule has 0 saturated carbocycles. The van der Waals surface area contributed by atoms with Gasteiger partial charge in [-0.25, -0.2) is 8.42 Å². The fourth-order valence-corrected chi connectivity index (χ4v) is 3.14. The van der Waals surface area contributed by atoms with E-state index in [-0.39, 0.29) is 15.5 Å². The molecule has 2 aromatic rings. The summed E-state index contributed by atoms with van der Waals surface area (Å²) in [7, 11) is -3.73. The average molecular weight is 321 g/mol. The van der Waals surface area contributed by atoms with E-state index in [2.05, 4.69) is 4.72 Å². The molecule has 0 atom stereocenters. The number of nitrogens with one attached hydrogen (secondary N) is 1. The Kier molecular flexibility index (Phi) is 4.21. The van der Waals surface area contributed by atoms with E-state index >= 15 is 0 Å². The molecule has 0 amide bonds. The second-order valence-electron chi connectivity index (χ2n) is 4.66. The van der Waals surface area contributed by atoms with Crippen molar-refractivity contribution in [2.45, 2.75) is 18.7 Å². The van der Waals surface area contributed by atoms with E-state index in [0.717, 1.165) is 11.1 Å². The Labute approximate surface area is 129 Å². The minimum atomic E-state index is -3.73. The molecule has 2 aromatic carbocycles. The van der Waals surface area contributed by atoms with Crippen LogP contribution >= 0.6 is 11.6 Å². The molecule has 0 aliphatic carbocycles. The maximum atomic E-state index is 12.3. The second kappa shape index (κ2) is 5.76. The van der Waals surface area contributed by atoms with Crippen LogP contribution in [0.5, 0.6) is 0 Å². The van der Waals surface area contributed by atoms with Crippen LogP contribution in [0.15, 0.2) is 41.3 Å².